The molecule has 210 valence electrons. The Morgan fingerprint density at radius 1 is 0.651 bits per heavy atom. The topological polar surface area (TPSA) is 62.1 Å². The van der Waals surface area contributed by atoms with E-state index < -0.39 is 5.54 Å². The van der Waals surface area contributed by atoms with Crippen molar-refractivity contribution in [1.82, 2.24) is 19.5 Å². The van der Waals surface area contributed by atoms with Crippen LogP contribution >= 0.6 is 0 Å². The van der Waals surface area contributed by atoms with Gasteiger partial charge in [0.2, 0.25) is 0 Å². The van der Waals surface area contributed by atoms with Crippen LogP contribution in [0.1, 0.15) is 22.4 Å². The summed E-state index contributed by atoms with van der Waals surface area (Å²) in [6.45, 7) is 2.00. The van der Waals surface area contributed by atoms with E-state index in [2.05, 4.69) is 87.3 Å². The summed E-state index contributed by atoms with van der Waals surface area (Å²) in [4.78, 5) is 14.3. The molecule has 4 heterocycles. The van der Waals surface area contributed by atoms with E-state index in [1.807, 2.05) is 61.9 Å². The Hall–Kier alpha value is -5.49. The molecule has 0 N–H and O–H groups in total. The Labute approximate surface area is 250 Å². The molecule has 0 bridgehead atoms. The minimum atomic E-state index is -0.819. The van der Waals surface area contributed by atoms with Gasteiger partial charge >= 0.3 is 0 Å². The highest BCUT2D eigenvalue weighted by atomic mass is 16.5. The second-order valence-corrected chi connectivity index (χ2v) is 10.5. The van der Waals surface area contributed by atoms with Gasteiger partial charge < -0.3 is 14.0 Å². The molecule has 0 saturated carbocycles. The summed E-state index contributed by atoms with van der Waals surface area (Å²) in [5, 5.41) is 2.06. The molecule has 3 aromatic carbocycles. The van der Waals surface area contributed by atoms with Crippen LogP contribution in [0.4, 0.5) is 0 Å². The maximum Gasteiger partial charge on any atom is 0.143 e. The van der Waals surface area contributed by atoms with Crippen LogP contribution in [0.2, 0.25) is 0 Å². The van der Waals surface area contributed by atoms with E-state index >= 15 is 0 Å². The third kappa shape index (κ3) is 4.30. The van der Waals surface area contributed by atoms with Gasteiger partial charge in [-0.15, -0.1) is 0 Å². The number of pyridine rings is 3. The Kier molecular flexibility index (Phi) is 6.59. The number of nitrogens with zero attached hydrogens (tertiary/aromatic N) is 4. The maximum absolute atomic E-state index is 5.58. The van der Waals surface area contributed by atoms with Crippen molar-refractivity contribution in [2.45, 2.75) is 12.5 Å². The summed E-state index contributed by atoms with van der Waals surface area (Å²) in [5.41, 5.74) is 7.11. The second-order valence-electron chi connectivity index (χ2n) is 10.5. The van der Waals surface area contributed by atoms with Crippen molar-refractivity contribution in [1.29, 1.82) is 0 Å². The summed E-state index contributed by atoms with van der Waals surface area (Å²) < 4.78 is 13.5. The zero-order valence-corrected chi connectivity index (χ0v) is 24.2. The number of fused-ring (bicyclic) bond motifs is 3. The monoisotopic (exact) mass is 562 g/mol. The predicted octanol–water partition coefficient (Wildman–Crippen LogP) is 7.81. The number of rotatable bonds is 7. The van der Waals surface area contributed by atoms with Crippen LogP contribution in [-0.4, -0.2) is 33.7 Å². The third-order valence-corrected chi connectivity index (χ3v) is 8.15. The SMILES string of the molecule is COc1ccc(C(c2ccccc2)(c2ccc(OC)cc2)n2c3ccncc3c3ccc(-c4ccnc(C)c4)nc32)cc1. The normalized spacial score (nSPS) is 11.6. The number of hydrogen-bond acceptors (Lipinski definition) is 5. The molecule has 7 rings (SSSR count). The Balaban J connectivity index is 1.67. The fraction of sp³-hybridized carbons (Fsp3) is 0.108. The fourth-order valence-corrected chi connectivity index (χ4v) is 6.17. The molecular weight excluding hydrogens is 532 g/mol. The average molecular weight is 563 g/mol. The van der Waals surface area contributed by atoms with Gasteiger partial charge in [-0.3, -0.25) is 9.97 Å². The van der Waals surface area contributed by atoms with Crippen molar-refractivity contribution in [3.8, 4) is 22.8 Å². The van der Waals surface area contributed by atoms with E-state index in [1.165, 1.54) is 0 Å². The molecule has 7 aromatic rings. The van der Waals surface area contributed by atoms with Crippen LogP contribution in [0, 0.1) is 6.92 Å². The molecule has 0 amide bonds. The van der Waals surface area contributed by atoms with Crippen LogP contribution in [0.3, 0.4) is 0 Å². The van der Waals surface area contributed by atoms with Gasteiger partial charge in [0.25, 0.3) is 0 Å². The van der Waals surface area contributed by atoms with Crippen LogP contribution in [0.25, 0.3) is 33.2 Å². The third-order valence-electron chi connectivity index (χ3n) is 8.15. The molecule has 43 heavy (non-hydrogen) atoms. The van der Waals surface area contributed by atoms with Crippen LogP contribution in [0.15, 0.2) is 128 Å². The predicted molar refractivity (Wildman–Crippen MR) is 171 cm³/mol. The molecule has 0 fully saturated rings. The molecule has 6 nitrogen and oxygen atoms in total. The van der Waals surface area contributed by atoms with E-state index in [-0.39, 0.29) is 0 Å². The van der Waals surface area contributed by atoms with Gasteiger partial charge in [-0.2, -0.15) is 0 Å². The number of hydrogen-bond donors (Lipinski definition) is 0. The van der Waals surface area contributed by atoms with E-state index in [9.17, 15) is 0 Å². The van der Waals surface area contributed by atoms with Crippen LogP contribution in [-0.2, 0) is 5.54 Å². The smallest absolute Gasteiger partial charge is 0.143 e. The van der Waals surface area contributed by atoms with Crippen LogP contribution in [0.5, 0.6) is 11.5 Å². The lowest BCUT2D eigenvalue weighted by atomic mass is 9.76. The first-order valence-corrected chi connectivity index (χ1v) is 14.2. The zero-order valence-electron chi connectivity index (χ0n) is 24.2. The lowest BCUT2D eigenvalue weighted by Crippen LogP contribution is -2.37. The molecule has 0 aliphatic carbocycles. The first kappa shape index (κ1) is 26.4. The van der Waals surface area contributed by atoms with E-state index in [4.69, 9.17) is 14.5 Å². The average Bonchev–Trinajstić information content (AvgIpc) is 3.40. The van der Waals surface area contributed by atoms with Crippen molar-refractivity contribution in [2.75, 3.05) is 14.2 Å². The van der Waals surface area contributed by atoms with Gasteiger partial charge in [0.1, 0.15) is 22.7 Å². The first-order valence-electron chi connectivity index (χ1n) is 14.2. The molecule has 0 atom stereocenters. The van der Waals surface area contributed by atoms with Gasteiger partial charge in [0.15, 0.2) is 0 Å². The summed E-state index contributed by atoms with van der Waals surface area (Å²) in [6, 6.07) is 37.6. The summed E-state index contributed by atoms with van der Waals surface area (Å²) >= 11 is 0. The van der Waals surface area contributed by atoms with Gasteiger partial charge in [0.05, 0.1) is 25.4 Å². The minimum absolute atomic E-state index is 0.792. The summed E-state index contributed by atoms with van der Waals surface area (Å²) in [7, 11) is 3.38. The van der Waals surface area contributed by atoms with E-state index in [1.54, 1.807) is 14.2 Å². The van der Waals surface area contributed by atoms with Crippen molar-refractivity contribution in [3.05, 3.63) is 150 Å². The van der Waals surface area contributed by atoms with Gasteiger partial charge in [-0.1, -0.05) is 54.6 Å². The molecule has 4 aromatic heterocycles. The number of aromatic nitrogens is 4. The maximum atomic E-state index is 5.58. The molecule has 6 heteroatoms. The van der Waals surface area contributed by atoms with E-state index in [0.717, 1.165) is 67.1 Å². The molecule has 0 saturated heterocycles. The minimum Gasteiger partial charge on any atom is -0.497 e. The highest BCUT2D eigenvalue weighted by Crippen LogP contribution is 2.46. The van der Waals surface area contributed by atoms with Crippen molar-refractivity contribution in [3.63, 3.8) is 0 Å². The van der Waals surface area contributed by atoms with Gasteiger partial charge in [0, 0.05) is 40.6 Å². The van der Waals surface area contributed by atoms with E-state index in [0.29, 0.717) is 0 Å². The Morgan fingerprint density at radius 2 is 1.30 bits per heavy atom. The van der Waals surface area contributed by atoms with Crippen LogP contribution < -0.4 is 9.47 Å². The van der Waals surface area contributed by atoms with Crippen molar-refractivity contribution >= 4 is 21.9 Å². The van der Waals surface area contributed by atoms with Crippen molar-refractivity contribution in [2.24, 2.45) is 0 Å². The number of aryl methyl sites for hydroxylation is 1. The molecule has 0 unspecified atom stereocenters. The molecule has 0 aliphatic rings. The highest BCUT2D eigenvalue weighted by molar-refractivity contribution is 6.07. The summed E-state index contributed by atoms with van der Waals surface area (Å²) in [5.74, 6) is 1.58. The lowest BCUT2D eigenvalue weighted by molar-refractivity contribution is 0.413. The molecule has 0 spiro atoms. The Morgan fingerprint density at radius 3 is 1.93 bits per heavy atom. The lowest BCUT2D eigenvalue weighted by Gasteiger charge is -2.39. The fourth-order valence-electron chi connectivity index (χ4n) is 6.17. The number of methoxy groups -OCH3 is 2. The highest BCUT2D eigenvalue weighted by Gasteiger charge is 2.41. The molecule has 0 radical (unpaired) electrons. The molecule has 0 aliphatic heterocycles. The quantitative estimate of drug-likeness (QED) is 0.185. The first-order chi connectivity index (χ1) is 21.1. The van der Waals surface area contributed by atoms with Gasteiger partial charge in [-0.05, 0) is 78.2 Å². The summed E-state index contributed by atoms with van der Waals surface area (Å²) in [6.07, 6.45) is 5.62. The Bertz CT molecular complexity index is 2000. The zero-order chi connectivity index (χ0) is 29.4. The standard InChI is InChI=1S/C37H30N4O2/c1-25-23-26(19-22-39-25)34-18-17-32-33-24-38-21-20-35(33)41(36(32)40-34)37(27-7-5-4-6-8-27,28-9-13-30(42-2)14-10-28)29-11-15-31(43-3)16-12-29/h4-24H,1-3H3. The largest absolute Gasteiger partial charge is 0.497 e. The molecular formula is C37H30N4O2. The van der Waals surface area contributed by atoms with Crippen molar-refractivity contribution < 1.29 is 9.47 Å². The second kappa shape index (κ2) is 10.7. The number of ether oxygens (including phenoxy) is 2. The van der Waals surface area contributed by atoms with Gasteiger partial charge in [-0.25, -0.2) is 4.98 Å². The number of benzene rings is 3.